The van der Waals surface area contributed by atoms with Crippen LogP contribution < -0.4 is 10.1 Å². The molecule has 0 fully saturated rings. The van der Waals surface area contributed by atoms with Gasteiger partial charge in [0.05, 0.1) is 10.6 Å². The Labute approximate surface area is 163 Å². The van der Waals surface area contributed by atoms with E-state index in [9.17, 15) is 18.9 Å². The Hall–Kier alpha value is -3.33. The number of aryl methyl sites for hydroxylation is 2. The molecule has 0 saturated carbocycles. The molecular weight excluding hydrogens is 394 g/mol. The smallest absolute Gasteiger partial charge is 0.373 e. The van der Waals surface area contributed by atoms with E-state index in [4.69, 9.17) is 16.3 Å². The first-order valence-corrected chi connectivity index (χ1v) is 8.30. The summed E-state index contributed by atoms with van der Waals surface area (Å²) in [7, 11) is 0. The van der Waals surface area contributed by atoms with Gasteiger partial charge in [-0.05, 0) is 49.2 Å². The first-order chi connectivity index (χ1) is 13.3. The summed E-state index contributed by atoms with van der Waals surface area (Å²) in [5, 5.41) is 14.5. The predicted molar refractivity (Wildman–Crippen MR) is 99.3 cm³/mol. The minimum Gasteiger partial charge on any atom is -0.434 e. The number of benzene rings is 2. The highest BCUT2D eigenvalue weighted by Gasteiger charge is 2.26. The van der Waals surface area contributed by atoms with Crippen LogP contribution >= 0.6 is 11.6 Å². The average Bonchev–Trinajstić information content (AvgIpc) is 2.62. The van der Waals surface area contributed by atoms with Gasteiger partial charge in [-0.25, -0.2) is 13.8 Å². The van der Waals surface area contributed by atoms with Crippen LogP contribution in [0.1, 0.15) is 11.1 Å². The van der Waals surface area contributed by atoms with Gasteiger partial charge in [0.2, 0.25) is 5.82 Å². The monoisotopic (exact) mass is 406 g/mol. The summed E-state index contributed by atoms with van der Waals surface area (Å²) in [5.41, 5.74) is 0.490. The van der Waals surface area contributed by atoms with E-state index >= 15 is 0 Å². The fourth-order valence-electron chi connectivity index (χ4n) is 2.49. The van der Waals surface area contributed by atoms with Gasteiger partial charge in [-0.15, -0.1) is 0 Å². The van der Waals surface area contributed by atoms with Crippen molar-refractivity contribution in [2.75, 3.05) is 5.32 Å². The molecule has 144 valence electrons. The summed E-state index contributed by atoms with van der Waals surface area (Å²) in [4.78, 5) is 18.4. The minimum atomic E-state index is -0.805. The molecular formula is C18H13ClF2N4O3. The summed E-state index contributed by atoms with van der Waals surface area (Å²) in [5.74, 6) is -1.95. The first kappa shape index (κ1) is 19.4. The molecule has 0 saturated heterocycles. The van der Waals surface area contributed by atoms with Gasteiger partial charge in [-0.1, -0.05) is 11.6 Å². The SMILES string of the molecule is Cc1cc(Oc2ncnc(Nc3cc(F)ccc3F)c2[N+](=O)[O-])cc(C)c1Cl. The van der Waals surface area contributed by atoms with Gasteiger partial charge in [-0.3, -0.25) is 10.1 Å². The van der Waals surface area contributed by atoms with Crippen LogP contribution in [-0.4, -0.2) is 14.9 Å². The number of halogens is 3. The predicted octanol–water partition coefficient (Wildman–Crippen LogP) is 5.47. The average molecular weight is 407 g/mol. The number of hydrogen-bond acceptors (Lipinski definition) is 6. The number of hydrogen-bond donors (Lipinski definition) is 1. The number of aromatic nitrogens is 2. The van der Waals surface area contributed by atoms with Gasteiger partial charge < -0.3 is 10.1 Å². The zero-order valence-electron chi connectivity index (χ0n) is 14.7. The van der Waals surface area contributed by atoms with Crippen LogP contribution in [0, 0.1) is 35.6 Å². The molecule has 1 heterocycles. The van der Waals surface area contributed by atoms with E-state index in [2.05, 4.69) is 15.3 Å². The Morgan fingerprint density at radius 2 is 1.82 bits per heavy atom. The molecule has 0 unspecified atom stereocenters. The molecule has 0 aliphatic rings. The standard InChI is InChI=1S/C18H13ClF2N4O3/c1-9-5-12(6-10(2)15(9)19)28-18-16(25(26)27)17(22-8-23-18)24-14-7-11(20)3-4-13(14)21/h3-8H,1-2H3,(H,22,23,24). The van der Waals surface area contributed by atoms with E-state index < -0.39 is 22.2 Å². The van der Waals surface area contributed by atoms with E-state index in [1.165, 1.54) is 0 Å². The number of anilines is 2. The van der Waals surface area contributed by atoms with Crippen LogP contribution in [0.25, 0.3) is 0 Å². The summed E-state index contributed by atoms with van der Waals surface area (Å²) in [6, 6.07) is 5.87. The lowest BCUT2D eigenvalue weighted by atomic mass is 10.1. The molecule has 0 atom stereocenters. The molecule has 7 nitrogen and oxygen atoms in total. The second-order valence-electron chi connectivity index (χ2n) is 5.86. The van der Waals surface area contributed by atoms with Crippen LogP contribution in [0.4, 0.5) is 26.0 Å². The molecule has 3 aromatic rings. The number of nitrogens with one attached hydrogen (secondary N) is 1. The lowest BCUT2D eigenvalue weighted by Crippen LogP contribution is -2.05. The van der Waals surface area contributed by atoms with Crippen LogP contribution in [0.3, 0.4) is 0 Å². The zero-order chi connectivity index (χ0) is 20.4. The Bertz CT molecular complexity index is 1060. The van der Waals surface area contributed by atoms with E-state index in [1.807, 2.05) is 0 Å². The van der Waals surface area contributed by atoms with Gasteiger partial charge in [0, 0.05) is 11.1 Å². The summed E-state index contributed by atoms with van der Waals surface area (Å²) in [6.45, 7) is 3.52. The highest BCUT2D eigenvalue weighted by molar-refractivity contribution is 6.32. The second kappa shape index (κ2) is 7.73. The molecule has 0 amide bonds. The second-order valence-corrected chi connectivity index (χ2v) is 6.23. The van der Waals surface area contributed by atoms with Gasteiger partial charge in [0.15, 0.2) is 0 Å². The fourth-order valence-corrected chi connectivity index (χ4v) is 2.60. The van der Waals surface area contributed by atoms with Gasteiger partial charge >= 0.3 is 11.6 Å². The molecule has 1 N–H and O–H groups in total. The van der Waals surface area contributed by atoms with Crippen LogP contribution in [0.5, 0.6) is 11.6 Å². The topological polar surface area (TPSA) is 90.2 Å². The molecule has 28 heavy (non-hydrogen) atoms. The molecule has 0 aliphatic heterocycles. The van der Waals surface area contributed by atoms with Crippen molar-refractivity contribution >= 4 is 28.8 Å². The van der Waals surface area contributed by atoms with Crippen molar-refractivity contribution in [3.8, 4) is 11.6 Å². The molecule has 0 radical (unpaired) electrons. The third-order valence-electron chi connectivity index (χ3n) is 3.78. The maximum atomic E-state index is 13.9. The molecule has 0 spiro atoms. The lowest BCUT2D eigenvalue weighted by Gasteiger charge is -2.11. The maximum Gasteiger partial charge on any atom is 0.373 e. The number of ether oxygens (including phenoxy) is 1. The molecule has 0 bridgehead atoms. The van der Waals surface area contributed by atoms with Gasteiger partial charge in [0.25, 0.3) is 0 Å². The first-order valence-electron chi connectivity index (χ1n) is 7.92. The van der Waals surface area contributed by atoms with Crippen LogP contribution in [0.2, 0.25) is 5.02 Å². The molecule has 3 rings (SSSR count). The fraction of sp³-hybridized carbons (Fsp3) is 0.111. The van der Waals surface area contributed by atoms with E-state index in [1.54, 1.807) is 26.0 Å². The van der Waals surface area contributed by atoms with E-state index in [0.29, 0.717) is 16.1 Å². The minimum absolute atomic E-state index is 0.282. The van der Waals surface area contributed by atoms with Crippen molar-refractivity contribution in [1.29, 1.82) is 0 Å². The quantitative estimate of drug-likeness (QED) is 0.446. The molecule has 2 aromatic carbocycles. The van der Waals surface area contributed by atoms with Crippen molar-refractivity contribution in [3.63, 3.8) is 0 Å². The molecule has 1 aromatic heterocycles. The van der Waals surface area contributed by atoms with Crippen LogP contribution in [-0.2, 0) is 0 Å². The zero-order valence-corrected chi connectivity index (χ0v) is 15.4. The number of nitro groups is 1. The summed E-state index contributed by atoms with van der Waals surface area (Å²) >= 11 is 6.11. The Balaban J connectivity index is 2.03. The molecule has 0 aliphatic carbocycles. The van der Waals surface area contributed by atoms with Crippen molar-refractivity contribution in [2.45, 2.75) is 13.8 Å². The maximum absolute atomic E-state index is 13.9. The van der Waals surface area contributed by atoms with Crippen molar-refractivity contribution in [1.82, 2.24) is 9.97 Å². The Kier molecular flexibility index (Phi) is 5.36. The largest absolute Gasteiger partial charge is 0.434 e. The van der Waals surface area contributed by atoms with Crippen LogP contribution in [0.15, 0.2) is 36.7 Å². The van der Waals surface area contributed by atoms with Gasteiger partial charge in [0.1, 0.15) is 23.7 Å². The van der Waals surface area contributed by atoms with Crippen molar-refractivity contribution in [2.24, 2.45) is 0 Å². The van der Waals surface area contributed by atoms with Crippen molar-refractivity contribution in [3.05, 3.63) is 74.6 Å². The summed E-state index contributed by atoms with van der Waals surface area (Å²) in [6.07, 6.45) is 1.01. The summed E-state index contributed by atoms with van der Waals surface area (Å²) < 4.78 is 32.8. The highest BCUT2D eigenvalue weighted by Crippen LogP contribution is 2.37. The Morgan fingerprint density at radius 1 is 1.14 bits per heavy atom. The van der Waals surface area contributed by atoms with E-state index in [0.717, 1.165) is 24.5 Å². The number of nitrogens with zero attached hydrogens (tertiary/aromatic N) is 3. The van der Waals surface area contributed by atoms with Gasteiger partial charge in [-0.2, -0.15) is 4.98 Å². The third-order valence-corrected chi connectivity index (χ3v) is 4.37. The normalized spacial score (nSPS) is 10.6. The third kappa shape index (κ3) is 3.99. The number of rotatable bonds is 5. The van der Waals surface area contributed by atoms with E-state index in [-0.39, 0.29) is 23.1 Å². The Morgan fingerprint density at radius 3 is 2.46 bits per heavy atom. The molecule has 10 heteroatoms. The van der Waals surface area contributed by atoms with Crippen molar-refractivity contribution < 1.29 is 18.4 Å². The lowest BCUT2D eigenvalue weighted by molar-refractivity contribution is -0.385. The highest BCUT2D eigenvalue weighted by atomic mass is 35.5.